The first-order chi connectivity index (χ1) is 29.5. The number of rotatable bonds is 46. The Bertz CT molecular complexity index is 1060. The standard InChI is InChI=1S/C54H96O6/c1-4-7-10-13-16-19-22-24-26-27-29-30-32-35-38-41-44-47-53(56)59-50-51(49-58-52(55)46-43-40-37-34-21-18-15-12-9-6-3)60-54(57)48-45-42-39-36-33-31-28-25-23-20-17-14-11-8-5-2/h17,20,24-26,28,33,36,51H,4-16,18-19,21-23,27,29-32,34-35,37-50H2,1-3H3/b20-17-,26-24-,28-25-,36-33-/t51-/m1/s1. The topological polar surface area (TPSA) is 78.9 Å². The van der Waals surface area contributed by atoms with Crippen molar-refractivity contribution in [3.05, 3.63) is 48.6 Å². The number of ether oxygens (including phenoxy) is 3. The number of hydrogen-bond acceptors (Lipinski definition) is 6. The zero-order valence-corrected chi connectivity index (χ0v) is 39.7. The van der Waals surface area contributed by atoms with Crippen molar-refractivity contribution in [3.63, 3.8) is 0 Å². The molecule has 0 radical (unpaired) electrons. The molecule has 6 heteroatoms. The molecule has 0 aliphatic rings. The van der Waals surface area contributed by atoms with Crippen LogP contribution in [0.25, 0.3) is 0 Å². The Morgan fingerprint density at radius 2 is 0.600 bits per heavy atom. The summed E-state index contributed by atoms with van der Waals surface area (Å²) < 4.78 is 16.7. The summed E-state index contributed by atoms with van der Waals surface area (Å²) in [5.74, 6) is -0.927. The molecule has 0 fully saturated rings. The minimum absolute atomic E-state index is 0.0879. The molecule has 0 aliphatic heterocycles. The maximum Gasteiger partial charge on any atom is 0.306 e. The van der Waals surface area contributed by atoms with E-state index in [9.17, 15) is 14.4 Å². The fourth-order valence-electron chi connectivity index (χ4n) is 7.15. The third-order valence-corrected chi connectivity index (χ3v) is 11.1. The molecule has 0 spiro atoms. The molecular weight excluding hydrogens is 745 g/mol. The molecule has 0 aromatic rings. The van der Waals surface area contributed by atoms with Crippen LogP contribution in [0.15, 0.2) is 48.6 Å². The van der Waals surface area contributed by atoms with Gasteiger partial charge in [0, 0.05) is 19.3 Å². The molecule has 0 rings (SSSR count). The van der Waals surface area contributed by atoms with Gasteiger partial charge in [-0.15, -0.1) is 0 Å². The minimum Gasteiger partial charge on any atom is -0.462 e. The van der Waals surface area contributed by atoms with Crippen molar-refractivity contribution >= 4 is 17.9 Å². The van der Waals surface area contributed by atoms with E-state index < -0.39 is 6.10 Å². The average Bonchev–Trinajstić information content (AvgIpc) is 3.24. The molecule has 0 unspecified atom stereocenters. The van der Waals surface area contributed by atoms with Crippen LogP contribution < -0.4 is 0 Å². The molecule has 0 amide bonds. The lowest BCUT2D eigenvalue weighted by atomic mass is 10.1. The second-order valence-corrected chi connectivity index (χ2v) is 17.1. The van der Waals surface area contributed by atoms with E-state index in [1.807, 2.05) is 0 Å². The summed E-state index contributed by atoms with van der Waals surface area (Å²) in [6, 6.07) is 0. The SMILES string of the molecule is CCCCC/C=C\C/C=C\C/C=C\CCCCC(=O)O[C@@H](COC(=O)CCCCCCCCC/C=C\CCCCCCCC)COC(=O)CCCCCCCCCCCC. The largest absolute Gasteiger partial charge is 0.462 e. The Balaban J connectivity index is 4.39. The predicted molar refractivity (Wildman–Crippen MR) is 256 cm³/mol. The Morgan fingerprint density at radius 1 is 0.333 bits per heavy atom. The van der Waals surface area contributed by atoms with Crippen LogP contribution >= 0.6 is 0 Å². The van der Waals surface area contributed by atoms with Crippen LogP contribution in [-0.2, 0) is 28.6 Å². The summed E-state index contributed by atoms with van der Waals surface area (Å²) in [6.07, 6.45) is 58.1. The maximum atomic E-state index is 12.8. The maximum absolute atomic E-state index is 12.8. The van der Waals surface area contributed by atoms with Gasteiger partial charge in [-0.2, -0.15) is 0 Å². The van der Waals surface area contributed by atoms with Gasteiger partial charge in [0.05, 0.1) is 0 Å². The van der Waals surface area contributed by atoms with Crippen LogP contribution in [0.3, 0.4) is 0 Å². The van der Waals surface area contributed by atoms with Crippen LogP contribution in [0, 0.1) is 0 Å². The molecule has 60 heavy (non-hydrogen) atoms. The van der Waals surface area contributed by atoms with E-state index in [1.165, 1.54) is 148 Å². The zero-order valence-electron chi connectivity index (χ0n) is 39.7. The summed E-state index contributed by atoms with van der Waals surface area (Å²) in [7, 11) is 0. The molecule has 0 N–H and O–H groups in total. The van der Waals surface area contributed by atoms with Crippen LogP contribution in [-0.4, -0.2) is 37.2 Å². The van der Waals surface area contributed by atoms with Gasteiger partial charge in [0.2, 0.25) is 0 Å². The number of esters is 3. The zero-order chi connectivity index (χ0) is 43.7. The monoisotopic (exact) mass is 841 g/mol. The summed E-state index contributed by atoms with van der Waals surface area (Å²) in [5, 5.41) is 0. The Kier molecular flexibility index (Phi) is 46.9. The fraction of sp³-hybridized carbons (Fsp3) is 0.796. The molecule has 0 aromatic carbocycles. The highest BCUT2D eigenvalue weighted by Crippen LogP contribution is 2.14. The fourth-order valence-corrected chi connectivity index (χ4v) is 7.15. The van der Waals surface area contributed by atoms with Gasteiger partial charge in [-0.1, -0.05) is 204 Å². The summed E-state index contributed by atoms with van der Waals surface area (Å²) in [6.45, 7) is 6.57. The first kappa shape index (κ1) is 57.4. The molecule has 0 aromatic heterocycles. The number of unbranched alkanes of at least 4 members (excludes halogenated alkanes) is 27. The van der Waals surface area contributed by atoms with Crippen LogP contribution in [0.1, 0.15) is 258 Å². The smallest absolute Gasteiger partial charge is 0.306 e. The Hall–Kier alpha value is -2.63. The van der Waals surface area contributed by atoms with Crippen molar-refractivity contribution < 1.29 is 28.6 Å². The quantitative estimate of drug-likeness (QED) is 0.0263. The third kappa shape index (κ3) is 46.4. The van der Waals surface area contributed by atoms with Crippen molar-refractivity contribution in [2.45, 2.75) is 264 Å². The van der Waals surface area contributed by atoms with E-state index in [0.29, 0.717) is 19.3 Å². The second kappa shape index (κ2) is 49.0. The summed E-state index contributed by atoms with van der Waals surface area (Å²) in [5.41, 5.74) is 0. The number of hydrogen-bond donors (Lipinski definition) is 0. The van der Waals surface area contributed by atoms with Crippen molar-refractivity contribution in [1.29, 1.82) is 0 Å². The Labute approximate surface area is 371 Å². The van der Waals surface area contributed by atoms with Gasteiger partial charge in [0.15, 0.2) is 6.10 Å². The molecule has 0 heterocycles. The molecule has 0 saturated carbocycles. The van der Waals surface area contributed by atoms with E-state index in [4.69, 9.17) is 14.2 Å². The van der Waals surface area contributed by atoms with Gasteiger partial charge in [-0.25, -0.2) is 0 Å². The summed E-state index contributed by atoms with van der Waals surface area (Å²) >= 11 is 0. The highest BCUT2D eigenvalue weighted by atomic mass is 16.6. The van der Waals surface area contributed by atoms with Crippen LogP contribution in [0.4, 0.5) is 0 Å². The van der Waals surface area contributed by atoms with Gasteiger partial charge in [0.25, 0.3) is 0 Å². The van der Waals surface area contributed by atoms with Gasteiger partial charge >= 0.3 is 17.9 Å². The lowest BCUT2D eigenvalue weighted by Gasteiger charge is -2.18. The van der Waals surface area contributed by atoms with Crippen LogP contribution in [0.2, 0.25) is 0 Å². The lowest BCUT2D eigenvalue weighted by Crippen LogP contribution is -2.30. The van der Waals surface area contributed by atoms with Crippen LogP contribution in [0.5, 0.6) is 0 Å². The van der Waals surface area contributed by atoms with Gasteiger partial charge in [-0.05, 0) is 83.5 Å². The van der Waals surface area contributed by atoms with Crippen molar-refractivity contribution in [2.75, 3.05) is 13.2 Å². The highest BCUT2D eigenvalue weighted by molar-refractivity contribution is 5.71. The van der Waals surface area contributed by atoms with E-state index in [-0.39, 0.29) is 37.5 Å². The molecule has 0 saturated heterocycles. The lowest BCUT2D eigenvalue weighted by molar-refractivity contribution is -0.167. The van der Waals surface area contributed by atoms with Crippen molar-refractivity contribution in [3.8, 4) is 0 Å². The minimum atomic E-state index is -0.790. The van der Waals surface area contributed by atoms with E-state index in [2.05, 4.69) is 69.4 Å². The van der Waals surface area contributed by atoms with Crippen molar-refractivity contribution in [2.24, 2.45) is 0 Å². The molecule has 6 nitrogen and oxygen atoms in total. The molecule has 1 atom stereocenters. The van der Waals surface area contributed by atoms with Gasteiger partial charge in [0.1, 0.15) is 13.2 Å². The van der Waals surface area contributed by atoms with E-state index in [1.54, 1.807) is 0 Å². The molecule has 0 bridgehead atoms. The first-order valence-electron chi connectivity index (χ1n) is 25.6. The second-order valence-electron chi connectivity index (χ2n) is 17.1. The number of carbonyl (C=O) groups is 3. The van der Waals surface area contributed by atoms with E-state index in [0.717, 1.165) is 64.2 Å². The molecule has 348 valence electrons. The van der Waals surface area contributed by atoms with Crippen molar-refractivity contribution in [1.82, 2.24) is 0 Å². The number of carbonyl (C=O) groups excluding carboxylic acids is 3. The van der Waals surface area contributed by atoms with Gasteiger partial charge in [-0.3, -0.25) is 14.4 Å². The average molecular weight is 841 g/mol. The number of allylic oxidation sites excluding steroid dienone is 8. The van der Waals surface area contributed by atoms with E-state index >= 15 is 0 Å². The predicted octanol–water partition coefficient (Wildman–Crippen LogP) is 16.7. The normalized spacial score (nSPS) is 12.4. The highest BCUT2D eigenvalue weighted by Gasteiger charge is 2.19. The molecule has 0 aliphatic carbocycles. The molecular formula is C54H96O6. The van der Waals surface area contributed by atoms with Gasteiger partial charge < -0.3 is 14.2 Å². The first-order valence-corrected chi connectivity index (χ1v) is 25.6. The summed E-state index contributed by atoms with van der Waals surface area (Å²) in [4.78, 5) is 37.9. The third-order valence-electron chi connectivity index (χ3n) is 11.1. The Morgan fingerprint density at radius 3 is 1.02 bits per heavy atom.